The zero-order chi connectivity index (χ0) is 20.5. The van der Waals surface area contributed by atoms with E-state index in [1.54, 1.807) is 17.4 Å². The molecule has 0 aliphatic carbocycles. The van der Waals surface area contributed by atoms with Crippen LogP contribution in [-0.4, -0.2) is 38.6 Å². The quantitative estimate of drug-likeness (QED) is 0.389. The summed E-state index contributed by atoms with van der Waals surface area (Å²) in [7, 11) is 0. The molecule has 2 aromatic rings. The number of thiophene rings is 1. The molecule has 0 spiro atoms. The van der Waals surface area contributed by atoms with E-state index in [9.17, 15) is 20.1 Å². The van der Waals surface area contributed by atoms with Gasteiger partial charge in [-0.25, -0.2) is 0 Å². The molecule has 1 heterocycles. The Morgan fingerprint density at radius 2 is 1.86 bits per heavy atom. The first-order valence-corrected chi connectivity index (χ1v) is 10.7. The SMILES string of the molecule is CCCCCC(O)c1sc2ccccc2c1/C=C/C(O)C(O)CCCC(=O)O. The van der Waals surface area contributed by atoms with E-state index in [2.05, 4.69) is 6.92 Å². The molecule has 0 amide bonds. The Morgan fingerprint density at radius 3 is 2.57 bits per heavy atom. The van der Waals surface area contributed by atoms with Crippen molar-refractivity contribution in [1.29, 1.82) is 0 Å². The largest absolute Gasteiger partial charge is 0.481 e. The number of carbonyl (C=O) groups is 1. The number of carboxylic acids is 1. The lowest BCUT2D eigenvalue weighted by molar-refractivity contribution is -0.137. The minimum Gasteiger partial charge on any atom is -0.481 e. The van der Waals surface area contributed by atoms with Crippen LogP contribution in [0.25, 0.3) is 16.2 Å². The van der Waals surface area contributed by atoms with Gasteiger partial charge in [0.1, 0.15) is 0 Å². The maximum Gasteiger partial charge on any atom is 0.303 e. The second-order valence-electron chi connectivity index (χ2n) is 7.09. The van der Waals surface area contributed by atoms with Crippen molar-refractivity contribution in [2.45, 2.75) is 70.2 Å². The van der Waals surface area contributed by atoms with Crippen LogP contribution < -0.4 is 0 Å². The lowest BCUT2D eigenvalue weighted by Crippen LogP contribution is -2.23. The summed E-state index contributed by atoms with van der Waals surface area (Å²) in [6.45, 7) is 2.13. The van der Waals surface area contributed by atoms with Crippen molar-refractivity contribution >= 4 is 33.5 Å². The molecule has 4 N–H and O–H groups in total. The monoisotopic (exact) mass is 406 g/mol. The predicted molar refractivity (Wildman–Crippen MR) is 113 cm³/mol. The van der Waals surface area contributed by atoms with Gasteiger partial charge in [-0.15, -0.1) is 11.3 Å². The van der Waals surface area contributed by atoms with Gasteiger partial charge in [0.25, 0.3) is 0 Å². The minimum absolute atomic E-state index is 0.0310. The normalized spacial score (nSPS) is 15.1. The summed E-state index contributed by atoms with van der Waals surface area (Å²) in [6.07, 6.45) is 4.96. The first-order valence-electron chi connectivity index (χ1n) is 9.89. The molecule has 28 heavy (non-hydrogen) atoms. The fourth-order valence-corrected chi connectivity index (χ4v) is 4.39. The third-order valence-corrected chi connectivity index (χ3v) is 6.08. The van der Waals surface area contributed by atoms with Gasteiger partial charge in [0.15, 0.2) is 0 Å². The molecular weight excluding hydrogens is 376 g/mol. The van der Waals surface area contributed by atoms with Crippen LogP contribution in [0.3, 0.4) is 0 Å². The molecule has 6 heteroatoms. The molecule has 2 rings (SSSR count). The standard InChI is InChI=1S/C22H30O5S/c1-2-3-4-9-19(25)22-16(15-8-5-6-11-20(15)28-22)13-14-18(24)17(23)10-7-12-21(26)27/h5-6,8,11,13-14,17-19,23-25H,2-4,7,9-10,12H2,1H3,(H,26,27)/b14-13+. The lowest BCUT2D eigenvalue weighted by Gasteiger charge is -2.14. The number of aliphatic hydroxyl groups excluding tert-OH is 3. The Morgan fingerprint density at radius 1 is 1.11 bits per heavy atom. The van der Waals surface area contributed by atoms with Gasteiger partial charge in [0, 0.05) is 21.4 Å². The average molecular weight is 407 g/mol. The molecule has 0 saturated heterocycles. The molecule has 3 unspecified atom stereocenters. The smallest absolute Gasteiger partial charge is 0.303 e. The van der Waals surface area contributed by atoms with Crippen molar-refractivity contribution < 1.29 is 25.2 Å². The predicted octanol–water partition coefficient (Wildman–Crippen LogP) is 4.50. The van der Waals surface area contributed by atoms with E-state index >= 15 is 0 Å². The van der Waals surface area contributed by atoms with Gasteiger partial charge >= 0.3 is 5.97 Å². The third kappa shape index (κ3) is 6.41. The van der Waals surface area contributed by atoms with Crippen molar-refractivity contribution in [1.82, 2.24) is 0 Å². The number of rotatable bonds is 12. The van der Waals surface area contributed by atoms with Gasteiger partial charge in [0.05, 0.1) is 18.3 Å². The molecule has 0 saturated carbocycles. The van der Waals surface area contributed by atoms with E-state index in [0.29, 0.717) is 12.8 Å². The van der Waals surface area contributed by atoms with Crippen LogP contribution >= 0.6 is 11.3 Å². The number of benzene rings is 1. The fourth-order valence-electron chi connectivity index (χ4n) is 3.18. The van der Waals surface area contributed by atoms with Gasteiger partial charge in [-0.1, -0.05) is 56.5 Å². The molecule has 3 atom stereocenters. The van der Waals surface area contributed by atoms with Gasteiger partial charge in [-0.2, -0.15) is 0 Å². The van der Waals surface area contributed by atoms with E-state index in [-0.39, 0.29) is 12.8 Å². The van der Waals surface area contributed by atoms with Crippen LogP contribution in [0.15, 0.2) is 30.3 Å². The van der Waals surface area contributed by atoms with Crippen molar-refractivity contribution in [3.63, 3.8) is 0 Å². The summed E-state index contributed by atoms with van der Waals surface area (Å²) in [4.78, 5) is 11.4. The number of carboxylic acid groups (broad SMARTS) is 1. The maximum absolute atomic E-state index is 10.7. The molecule has 5 nitrogen and oxygen atoms in total. The van der Waals surface area contributed by atoms with Crippen molar-refractivity contribution in [3.05, 3.63) is 40.8 Å². The van der Waals surface area contributed by atoms with Crippen molar-refractivity contribution in [2.24, 2.45) is 0 Å². The summed E-state index contributed by atoms with van der Waals surface area (Å²) in [5.74, 6) is -0.913. The van der Waals surface area contributed by atoms with Crippen LogP contribution in [0.4, 0.5) is 0 Å². The summed E-state index contributed by atoms with van der Waals surface area (Å²) in [5.41, 5.74) is 0.876. The molecule has 0 bridgehead atoms. The topological polar surface area (TPSA) is 98.0 Å². The van der Waals surface area contributed by atoms with Crippen molar-refractivity contribution in [2.75, 3.05) is 0 Å². The third-order valence-electron chi connectivity index (χ3n) is 4.79. The first-order chi connectivity index (χ1) is 13.4. The highest BCUT2D eigenvalue weighted by atomic mass is 32.1. The van der Waals surface area contributed by atoms with E-state index < -0.39 is 24.3 Å². The number of fused-ring (bicyclic) bond motifs is 1. The van der Waals surface area contributed by atoms with Gasteiger partial charge < -0.3 is 20.4 Å². The molecule has 0 fully saturated rings. The summed E-state index contributed by atoms with van der Waals surface area (Å²) < 4.78 is 1.07. The van der Waals surface area contributed by atoms with E-state index in [4.69, 9.17) is 5.11 Å². The lowest BCUT2D eigenvalue weighted by atomic mass is 10.0. The Bertz CT molecular complexity index is 782. The zero-order valence-electron chi connectivity index (χ0n) is 16.3. The van der Waals surface area contributed by atoms with E-state index in [0.717, 1.165) is 39.8 Å². The van der Waals surface area contributed by atoms with E-state index in [1.807, 2.05) is 24.3 Å². The average Bonchev–Trinajstić information content (AvgIpc) is 3.04. The number of unbranched alkanes of at least 4 members (excludes halogenated alkanes) is 2. The summed E-state index contributed by atoms with van der Waals surface area (Å²) in [5, 5.41) is 40.6. The van der Waals surface area contributed by atoms with Gasteiger partial charge in [0.2, 0.25) is 0 Å². The van der Waals surface area contributed by atoms with E-state index in [1.165, 1.54) is 6.08 Å². The number of aliphatic hydroxyl groups is 3. The van der Waals surface area contributed by atoms with Crippen molar-refractivity contribution in [3.8, 4) is 0 Å². The maximum atomic E-state index is 10.7. The second kappa shape index (κ2) is 11.3. The second-order valence-corrected chi connectivity index (χ2v) is 8.17. The highest BCUT2D eigenvalue weighted by molar-refractivity contribution is 7.19. The summed E-state index contributed by atoms with van der Waals surface area (Å²) in [6, 6.07) is 7.90. The Balaban J connectivity index is 2.16. The first kappa shape index (κ1) is 22.6. The Labute approximate surface area is 170 Å². The van der Waals surface area contributed by atoms with Crippen LogP contribution in [0, 0.1) is 0 Å². The molecule has 0 aliphatic rings. The molecule has 1 aromatic heterocycles. The zero-order valence-corrected chi connectivity index (χ0v) is 17.1. The molecular formula is C22H30O5S. The number of hydrogen-bond donors (Lipinski definition) is 4. The van der Waals surface area contributed by atoms with Crippen LogP contribution in [-0.2, 0) is 4.79 Å². The Kier molecular flexibility index (Phi) is 9.12. The molecule has 0 radical (unpaired) electrons. The highest BCUT2D eigenvalue weighted by Gasteiger charge is 2.18. The Hall–Kier alpha value is -1.73. The number of hydrogen-bond acceptors (Lipinski definition) is 5. The number of aliphatic carboxylic acids is 1. The van der Waals surface area contributed by atoms with Crippen LogP contribution in [0.5, 0.6) is 0 Å². The van der Waals surface area contributed by atoms with Crippen LogP contribution in [0.2, 0.25) is 0 Å². The van der Waals surface area contributed by atoms with Gasteiger partial charge in [-0.05, 0) is 30.9 Å². The summed E-state index contributed by atoms with van der Waals surface area (Å²) >= 11 is 1.56. The van der Waals surface area contributed by atoms with Crippen LogP contribution in [0.1, 0.15) is 68.4 Å². The fraction of sp³-hybridized carbons (Fsp3) is 0.500. The van der Waals surface area contributed by atoms with Gasteiger partial charge in [-0.3, -0.25) is 4.79 Å². The highest BCUT2D eigenvalue weighted by Crippen LogP contribution is 2.38. The minimum atomic E-state index is -1.09. The molecule has 1 aromatic carbocycles. The molecule has 154 valence electrons. The molecule has 0 aliphatic heterocycles.